The second-order valence-corrected chi connectivity index (χ2v) is 6.50. The van der Waals surface area contributed by atoms with Crippen LogP contribution in [0.15, 0.2) is 42.5 Å². The van der Waals surface area contributed by atoms with Crippen molar-refractivity contribution in [1.29, 1.82) is 0 Å². The average Bonchev–Trinajstić information content (AvgIpc) is 2.86. The molecule has 0 spiro atoms. The highest BCUT2D eigenvalue weighted by Crippen LogP contribution is 2.33. The zero-order valence-electron chi connectivity index (χ0n) is 14.1. The highest BCUT2D eigenvalue weighted by atomic mass is 16.5. The molecule has 130 valence electrons. The summed E-state index contributed by atoms with van der Waals surface area (Å²) in [6, 6.07) is 14.1. The van der Waals surface area contributed by atoms with Crippen molar-refractivity contribution in [3.05, 3.63) is 59.2 Å². The molecule has 0 radical (unpaired) electrons. The molecule has 25 heavy (non-hydrogen) atoms. The summed E-state index contributed by atoms with van der Waals surface area (Å²) < 4.78 is 11.5. The number of amides is 2. The van der Waals surface area contributed by atoms with Crippen molar-refractivity contribution in [2.24, 2.45) is 0 Å². The third-order valence-electron chi connectivity index (χ3n) is 4.68. The maximum atomic E-state index is 12.3. The molecule has 1 heterocycles. The number of hydrogen-bond acceptors (Lipinski definition) is 3. The van der Waals surface area contributed by atoms with Crippen LogP contribution in [-0.2, 0) is 19.4 Å². The Morgan fingerprint density at radius 3 is 2.56 bits per heavy atom. The number of hydrogen-bond donors (Lipinski definition) is 2. The van der Waals surface area contributed by atoms with E-state index in [0.717, 1.165) is 36.3 Å². The Labute approximate surface area is 147 Å². The van der Waals surface area contributed by atoms with Crippen LogP contribution in [0, 0.1) is 0 Å². The number of rotatable bonds is 3. The number of para-hydroxylation sites is 1. The molecule has 5 heteroatoms. The monoisotopic (exact) mass is 338 g/mol. The van der Waals surface area contributed by atoms with Gasteiger partial charge in [-0.15, -0.1) is 0 Å². The van der Waals surface area contributed by atoms with Gasteiger partial charge in [-0.3, -0.25) is 0 Å². The van der Waals surface area contributed by atoms with Crippen LogP contribution in [-0.4, -0.2) is 25.3 Å². The number of benzene rings is 2. The van der Waals surface area contributed by atoms with Gasteiger partial charge in [-0.2, -0.15) is 0 Å². The van der Waals surface area contributed by atoms with Crippen LogP contribution in [0.1, 0.15) is 23.1 Å². The topological polar surface area (TPSA) is 59.6 Å². The number of nitrogens with one attached hydrogen (secondary N) is 2. The number of carbonyl (C=O) groups is 1. The minimum Gasteiger partial charge on any atom is -0.490 e. The summed E-state index contributed by atoms with van der Waals surface area (Å²) in [6.45, 7) is 1.71. The Morgan fingerprint density at radius 2 is 1.76 bits per heavy atom. The van der Waals surface area contributed by atoms with E-state index in [1.54, 1.807) is 0 Å². The standard InChI is InChI=1S/C20H22N2O3/c23-20(22-17-11-14-5-1-2-6-15(14)12-17)21-13-16-7-3-8-18-19(16)25-10-4-9-24-18/h1-3,5-8,17H,4,9-13H2,(H2,21,22,23). The lowest BCUT2D eigenvalue weighted by Crippen LogP contribution is -2.42. The zero-order valence-corrected chi connectivity index (χ0v) is 14.1. The normalized spacial score (nSPS) is 16.0. The van der Waals surface area contributed by atoms with Gasteiger partial charge < -0.3 is 20.1 Å². The minimum absolute atomic E-state index is 0.148. The molecule has 0 aromatic heterocycles. The molecule has 0 saturated carbocycles. The Balaban J connectivity index is 1.34. The van der Waals surface area contributed by atoms with Crippen molar-refractivity contribution in [3.63, 3.8) is 0 Å². The Kier molecular flexibility index (Phi) is 4.46. The molecule has 0 bridgehead atoms. The van der Waals surface area contributed by atoms with Gasteiger partial charge in [0.25, 0.3) is 0 Å². The van der Waals surface area contributed by atoms with Crippen molar-refractivity contribution < 1.29 is 14.3 Å². The van der Waals surface area contributed by atoms with Crippen LogP contribution in [0.3, 0.4) is 0 Å². The predicted molar refractivity (Wildman–Crippen MR) is 95.1 cm³/mol. The number of carbonyl (C=O) groups excluding carboxylic acids is 1. The van der Waals surface area contributed by atoms with E-state index in [-0.39, 0.29) is 12.1 Å². The molecule has 1 aliphatic carbocycles. The highest BCUT2D eigenvalue weighted by molar-refractivity contribution is 5.74. The summed E-state index contributed by atoms with van der Waals surface area (Å²) >= 11 is 0. The largest absolute Gasteiger partial charge is 0.490 e. The van der Waals surface area contributed by atoms with Gasteiger partial charge in [0.05, 0.1) is 13.2 Å². The smallest absolute Gasteiger partial charge is 0.315 e. The zero-order chi connectivity index (χ0) is 17.1. The van der Waals surface area contributed by atoms with Crippen LogP contribution >= 0.6 is 0 Å². The van der Waals surface area contributed by atoms with Gasteiger partial charge in [-0.25, -0.2) is 4.79 Å². The fraction of sp³-hybridized carbons (Fsp3) is 0.350. The number of urea groups is 1. The van der Waals surface area contributed by atoms with Crippen molar-refractivity contribution in [3.8, 4) is 11.5 Å². The molecule has 5 nitrogen and oxygen atoms in total. The van der Waals surface area contributed by atoms with Gasteiger partial charge >= 0.3 is 6.03 Å². The fourth-order valence-electron chi connectivity index (χ4n) is 3.47. The maximum Gasteiger partial charge on any atom is 0.315 e. The van der Waals surface area contributed by atoms with E-state index in [1.807, 2.05) is 30.3 Å². The van der Waals surface area contributed by atoms with E-state index in [2.05, 4.69) is 22.8 Å². The molecular formula is C20H22N2O3. The van der Waals surface area contributed by atoms with E-state index >= 15 is 0 Å². The van der Waals surface area contributed by atoms with E-state index in [1.165, 1.54) is 11.1 Å². The van der Waals surface area contributed by atoms with Gasteiger partial charge in [0.2, 0.25) is 0 Å². The highest BCUT2D eigenvalue weighted by Gasteiger charge is 2.22. The summed E-state index contributed by atoms with van der Waals surface area (Å²) in [7, 11) is 0. The first-order valence-electron chi connectivity index (χ1n) is 8.78. The van der Waals surface area contributed by atoms with Crippen molar-refractivity contribution >= 4 is 6.03 Å². The summed E-state index contributed by atoms with van der Waals surface area (Å²) in [5.74, 6) is 1.50. The molecule has 0 atom stereocenters. The first kappa shape index (κ1) is 15.8. The van der Waals surface area contributed by atoms with Crippen LogP contribution in [0.5, 0.6) is 11.5 Å². The van der Waals surface area contributed by atoms with Gasteiger partial charge in [0, 0.05) is 24.6 Å². The third-order valence-corrected chi connectivity index (χ3v) is 4.68. The van der Waals surface area contributed by atoms with E-state index in [4.69, 9.17) is 9.47 Å². The molecule has 2 aromatic rings. The average molecular weight is 338 g/mol. The Bertz CT molecular complexity index is 750. The van der Waals surface area contributed by atoms with Gasteiger partial charge in [-0.1, -0.05) is 36.4 Å². The second kappa shape index (κ2) is 7.05. The van der Waals surface area contributed by atoms with Crippen molar-refractivity contribution in [2.45, 2.75) is 31.8 Å². The molecule has 1 aliphatic heterocycles. The molecular weight excluding hydrogens is 316 g/mol. The van der Waals surface area contributed by atoms with Crippen LogP contribution in [0.25, 0.3) is 0 Å². The quantitative estimate of drug-likeness (QED) is 0.905. The van der Waals surface area contributed by atoms with Crippen LogP contribution < -0.4 is 20.1 Å². The SMILES string of the molecule is O=C(NCc1cccc2c1OCCCO2)NC1Cc2ccccc2C1. The molecule has 2 aromatic carbocycles. The molecule has 2 N–H and O–H groups in total. The van der Waals surface area contributed by atoms with Gasteiger partial charge in [-0.05, 0) is 30.0 Å². The molecule has 0 saturated heterocycles. The first-order valence-corrected chi connectivity index (χ1v) is 8.78. The Morgan fingerprint density at radius 1 is 1.00 bits per heavy atom. The lowest BCUT2D eigenvalue weighted by Gasteiger charge is -2.15. The van der Waals surface area contributed by atoms with E-state index < -0.39 is 0 Å². The fourth-order valence-corrected chi connectivity index (χ4v) is 3.47. The molecule has 0 unspecified atom stereocenters. The predicted octanol–water partition coefficient (Wildman–Crippen LogP) is 2.81. The molecule has 2 amide bonds. The lowest BCUT2D eigenvalue weighted by molar-refractivity contribution is 0.236. The second-order valence-electron chi connectivity index (χ2n) is 6.50. The van der Waals surface area contributed by atoms with E-state index in [0.29, 0.717) is 19.8 Å². The van der Waals surface area contributed by atoms with Gasteiger partial charge in [0.15, 0.2) is 11.5 Å². The molecule has 2 aliphatic rings. The van der Waals surface area contributed by atoms with Crippen molar-refractivity contribution in [1.82, 2.24) is 10.6 Å². The minimum atomic E-state index is -0.148. The number of fused-ring (bicyclic) bond motifs is 2. The summed E-state index contributed by atoms with van der Waals surface area (Å²) in [6.07, 6.45) is 2.65. The molecule has 0 fully saturated rings. The first-order chi connectivity index (χ1) is 12.3. The lowest BCUT2D eigenvalue weighted by atomic mass is 10.1. The summed E-state index contributed by atoms with van der Waals surface area (Å²) in [4.78, 5) is 12.3. The maximum absolute atomic E-state index is 12.3. The van der Waals surface area contributed by atoms with Gasteiger partial charge in [0.1, 0.15) is 0 Å². The van der Waals surface area contributed by atoms with Crippen LogP contribution in [0.2, 0.25) is 0 Å². The number of ether oxygens (including phenoxy) is 2. The molecule has 4 rings (SSSR count). The summed E-state index contributed by atoms with van der Waals surface area (Å²) in [5, 5.41) is 6.00. The van der Waals surface area contributed by atoms with E-state index in [9.17, 15) is 4.79 Å². The van der Waals surface area contributed by atoms with Crippen molar-refractivity contribution in [2.75, 3.05) is 13.2 Å². The Hall–Kier alpha value is -2.69. The summed E-state index contributed by atoms with van der Waals surface area (Å²) in [5.41, 5.74) is 3.59. The third kappa shape index (κ3) is 3.55. The van der Waals surface area contributed by atoms with Crippen LogP contribution in [0.4, 0.5) is 4.79 Å².